The molecule has 0 radical (unpaired) electrons. The second-order valence-electron chi connectivity index (χ2n) is 5.75. The van der Waals surface area contributed by atoms with E-state index in [4.69, 9.17) is 18.9 Å². The minimum atomic E-state index is -0.287. The highest BCUT2D eigenvalue weighted by Gasteiger charge is 2.20. The summed E-state index contributed by atoms with van der Waals surface area (Å²) in [6, 6.07) is 10.7. The quantitative estimate of drug-likeness (QED) is 0.753. The molecule has 0 spiro atoms. The van der Waals surface area contributed by atoms with Crippen molar-refractivity contribution in [2.45, 2.75) is 0 Å². The molecule has 2 aliphatic rings. The van der Waals surface area contributed by atoms with Crippen LogP contribution in [0.1, 0.15) is 10.4 Å². The third-order valence-electron chi connectivity index (χ3n) is 4.18. The number of benzene rings is 2. The molecule has 0 unspecified atom stereocenters. The van der Waals surface area contributed by atoms with Crippen LogP contribution in [0, 0.1) is 0 Å². The summed E-state index contributed by atoms with van der Waals surface area (Å²) in [6.07, 6.45) is 1.49. The number of carbonyl (C=O) groups is 1. The zero-order chi connectivity index (χ0) is 17.5. The number of fused-ring (bicyclic) bond motifs is 2. The maximum atomic E-state index is 12.7. The minimum absolute atomic E-state index is 0.183. The average Bonchev–Trinajstić information content (AvgIpc) is 3.39. The van der Waals surface area contributed by atoms with E-state index in [0.29, 0.717) is 39.9 Å². The van der Waals surface area contributed by atoms with Gasteiger partial charge >= 0.3 is 0 Å². The predicted molar refractivity (Wildman–Crippen MR) is 90.7 cm³/mol. The second kappa shape index (κ2) is 5.69. The zero-order valence-electron chi connectivity index (χ0n) is 13.4. The Morgan fingerprint density at radius 1 is 0.923 bits per heavy atom. The Kier molecular flexibility index (Phi) is 3.21. The number of ether oxygens (including phenoxy) is 4. The van der Waals surface area contributed by atoms with Gasteiger partial charge in [-0.05, 0) is 30.3 Å². The summed E-state index contributed by atoms with van der Waals surface area (Å²) < 4.78 is 21.3. The normalized spacial score (nSPS) is 13.7. The SMILES string of the molecule is O=C(Nc1ccc2c(c1)OCO2)c1cn[nH]c1-c1ccc2c(c1)OCO2. The van der Waals surface area contributed by atoms with Crippen molar-refractivity contribution in [1.29, 1.82) is 0 Å². The molecule has 130 valence electrons. The highest BCUT2D eigenvalue weighted by atomic mass is 16.7. The molecule has 1 amide bonds. The van der Waals surface area contributed by atoms with Crippen molar-refractivity contribution in [3.05, 3.63) is 48.2 Å². The molecule has 0 saturated heterocycles. The molecule has 0 bridgehead atoms. The summed E-state index contributed by atoms with van der Waals surface area (Å²) >= 11 is 0. The number of aromatic amines is 1. The van der Waals surface area contributed by atoms with Gasteiger partial charge in [0.15, 0.2) is 23.0 Å². The van der Waals surface area contributed by atoms with Crippen molar-refractivity contribution in [1.82, 2.24) is 10.2 Å². The molecule has 26 heavy (non-hydrogen) atoms. The number of hydrogen-bond donors (Lipinski definition) is 2. The van der Waals surface area contributed by atoms with E-state index < -0.39 is 0 Å². The van der Waals surface area contributed by atoms with Crippen LogP contribution in [0.25, 0.3) is 11.3 Å². The lowest BCUT2D eigenvalue weighted by atomic mass is 10.1. The van der Waals surface area contributed by atoms with Gasteiger partial charge in [-0.25, -0.2) is 0 Å². The van der Waals surface area contributed by atoms with Crippen LogP contribution in [0.15, 0.2) is 42.6 Å². The number of H-pyrrole nitrogens is 1. The van der Waals surface area contributed by atoms with Crippen LogP contribution < -0.4 is 24.3 Å². The fourth-order valence-corrected chi connectivity index (χ4v) is 2.90. The van der Waals surface area contributed by atoms with E-state index in [0.717, 1.165) is 5.56 Å². The molecule has 8 heteroatoms. The van der Waals surface area contributed by atoms with Gasteiger partial charge in [0.25, 0.3) is 5.91 Å². The standard InChI is InChI=1S/C18H13N3O5/c22-18(20-11-2-4-14-16(6-11)26-9-24-14)12-7-19-21-17(12)10-1-3-13-15(5-10)25-8-23-13/h1-7H,8-9H2,(H,19,21)(H,20,22). The van der Waals surface area contributed by atoms with Crippen molar-refractivity contribution >= 4 is 11.6 Å². The van der Waals surface area contributed by atoms with Crippen LogP contribution in [0.3, 0.4) is 0 Å². The summed E-state index contributed by atoms with van der Waals surface area (Å²) in [7, 11) is 0. The smallest absolute Gasteiger partial charge is 0.259 e. The molecule has 5 rings (SSSR count). The molecule has 2 N–H and O–H groups in total. The molecule has 0 fully saturated rings. The van der Waals surface area contributed by atoms with Crippen LogP contribution in [-0.4, -0.2) is 29.7 Å². The van der Waals surface area contributed by atoms with Gasteiger partial charge in [0.1, 0.15) is 0 Å². The number of nitrogens with zero attached hydrogens (tertiary/aromatic N) is 1. The van der Waals surface area contributed by atoms with Crippen LogP contribution in [0.4, 0.5) is 5.69 Å². The van der Waals surface area contributed by atoms with Gasteiger partial charge in [-0.2, -0.15) is 5.10 Å². The Morgan fingerprint density at radius 3 is 2.42 bits per heavy atom. The molecule has 0 aliphatic carbocycles. The van der Waals surface area contributed by atoms with Crippen LogP contribution >= 0.6 is 0 Å². The van der Waals surface area contributed by atoms with Gasteiger partial charge in [-0.3, -0.25) is 9.89 Å². The van der Waals surface area contributed by atoms with E-state index in [-0.39, 0.29) is 19.5 Å². The number of nitrogens with one attached hydrogen (secondary N) is 2. The molecule has 3 aromatic rings. The van der Waals surface area contributed by atoms with Crippen molar-refractivity contribution in [3.63, 3.8) is 0 Å². The van der Waals surface area contributed by atoms with Gasteiger partial charge < -0.3 is 24.3 Å². The molecular formula is C18H13N3O5. The van der Waals surface area contributed by atoms with Crippen LogP contribution in [0.2, 0.25) is 0 Å². The fourth-order valence-electron chi connectivity index (χ4n) is 2.90. The highest BCUT2D eigenvalue weighted by Crippen LogP contribution is 2.37. The first-order valence-corrected chi connectivity index (χ1v) is 7.92. The summed E-state index contributed by atoms with van der Waals surface area (Å²) in [4.78, 5) is 12.7. The number of anilines is 1. The van der Waals surface area contributed by atoms with Crippen LogP contribution in [0.5, 0.6) is 23.0 Å². The lowest BCUT2D eigenvalue weighted by molar-refractivity contribution is 0.102. The highest BCUT2D eigenvalue weighted by molar-refractivity contribution is 6.08. The van der Waals surface area contributed by atoms with Gasteiger partial charge in [0.2, 0.25) is 13.6 Å². The van der Waals surface area contributed by atoms with E-state index in [1.807, 2.05) is 12.1 Å². The van der Waals surface area contributed by atoms with Crippen LogP contribution in [-0.2, 0) is 0 Å². The first-order valence-electron chi connectivity index (χ1n) is 7.92. The fraction of sp³-hybridized carbons (Fsp3) is 0.111. The van der Waals surface area contributed by atoms with E-state index in [2.05, 4.69) is 15.5 Å². The molecule has 2 aliphatic heterocycles. The Hall–Kier alpha value is -3.68. The van der Waals surface area contributed by atoms with E-state index in [1.165, 1.54) is 6.20 Å². The predicted octanol–water partition coefficient (Wildman–Crippen LogP) is 2.79. The molecule has 0 atom stereocenters. The topological polar surface area (TPSA) is 94.7 Å². The third-order valence-corrected chi connectivity index (χ3v) is 4.18. The average molecular weight is 351 g/mol. The van der Waals surface area contributed by atoms with Gasteiger partial charge in [-0.1, -0.05) is 0 Å². The Balaban J connectivity index is 1.42. The molecule has 8 nitrogen and oxygen atoms in total. The summed E-state index contributed by atoms with van der Waals surface area (Å²) in [6.45, 7) is 0.377. The maximum Gasteiger partial charge on any atom is 0.259 e. The van der Waals surface area contributed by atoms with Crippen molar-refractivity contribution in [2.24, 2.45) is 0 Å². The summed E-state index contributed by atoms with van der Waals surface area (Å²) in [5.41, 5.74) is 2.41. The first-order chi connectivity index (χ1) is 12.8. The number of carbonyl (C=O) groups excluding carboxylic acids is 1. The third kappa shape index (κ3) is 2.39. The van der Waals surface area contributed by atoms with Gasteiger partial charge in [-0.15, -0.1) is 0 Å². The van der Waals surface area contributed by atoms with Crippen molar-refractivity contribution in [3.8, 4) is 34.3 Å². The lowest BCUT2D eigenvalue weighted by Crippen LogP contribution is -2.12. The second-order valence-corrected chi connectivity index (χ2v) is 5.75. The molecule has 1 aromatic heterocycles. The monoisotopic (exact) mass is 351 g/mol. The maximum absolute atomic E-state index is 12.7. The Bertz CT molecular complexity index is 1010. The lowest BCUT2D eigenvalue weighted by Gasteiger charge is -2.07. The van der Waals surface area contributed by atoms with Crippen molar-refractivity contribution < 1.29 is 23.7 Å². The number of hydrogen-bond acceptors (Lipinski definition) is 6. The van der Waals surface area contributed by atoms with E-state index in [1.54, 1.807) is 24.3 Å². The molecule has 0 saturated carbocycles. The number of rotatable bonds is 3. The Morgan fingerprint density at radius 2 is 1.62 bits per heavy atom. The largest absolute Gasteiger partial charge is 0.454 e. The summed E-state index contributed by atoms with van der Waals surface area (Å²) in [5, 5.41) is 9.73. The molecule has 3 heterocycles. The van der Waals surface area contributed by atoms with Gasteiger partial charge in [0.05, 0.1) is 17.5 Å². The summed E-state index contributed by atoms with van der Waals surface area (Å²) in [5.74, 6) is 2.29. The van der Waals surface area contributed by atoms with E-state index >= 15 is 0 Å². The minimum Gasteiger partial charge on any atom is -0.454 e. The zero-order valence-corrected chi connectivity index (χ0v) is 13.4. The van der Waals surface area contributed by atoms with Gasteiger partial charge in [0, 0.05) is 17.3 Å². The first kappa shape index (κ1) is 14.6. The number of amides is 1. The molecule has 2 aromatic carbocycles. The van der Waals surface area contributed by atoms with E-state index in [9.17, 15) is 4.79 Å². The number of aromatic nitrogens is 2. The molecular weight excluding hydrogens is 338 g/mol. The van der Waals surface area contributed by atoms with Crippen molar-refractivity contribution in [2.75, 3.05) is 18.9 Å². The Labute approximate surface area is 147 Å².